The monoisotopic (exact) mass is 329 g/mol. The second-order valence-electron chi connectivity index (χ2n) is 4.98. The van der Waals surface area contributed by atoms with Gasteiger partial charge in [0.1, 0.15) is 0 Å². The van der Waals surface area contributed by atoms with E-state index in [4.69, 9.17) is 4.74 Å². The Morgan fingerprint density at radius 3 is 2.86 bits per heavy atom. The van der Waals surface area contributed by atoms with Crippen LogP contribution in [-0.2, 0) is 14.8 Å². The quantitative estimate of drug-likeness (QED) is 0.605. The number of nitro benzene ring substituents is 1. The average Bonchev–Trinajstić information content (AvgIpc) is 2.53. The molecule has 0 radical (unpaired) electrons. The Kier molecular flexibility index (Phi) is 5.46. The summed E-state index contributed by atoms with van der Waals surface area (Å²) in [7, 11) is -2.37. The van der Waals surface area contributed by atoms with Crippen LogP contribution in [0.3, 0.4) is 0 Å². The van der Waals surface area contributed by atoms with E-state index in [0.717, 1.165) is 0 Å². The molecule has 1 fully saturated rings. The molecule has 0 aliphatic carbocycles. The molecule has 0 amide bonds. The molecule has 2 rings (SSSR count). The predicted molar refractivity (Wildman–Crippen MR) is 80.1 cm³/mol. The van der Waals surface area contributed by atoms with E-state index in [9.17, 15) is 18.5 Å². The Bertz CT molecular complexity index is 634. The Labute approximate surface area is 129 Å². The maximum Gasteiger partial charge on any atom is 0.289 e. The highest BCUT2D eigenvalue weighted by Crippen LogP contribution is 2.28. The van der Waals surface area contributed by atoms with E-state index in [0.29, 0.717) is 26.1 Å². The van der Waals surface area contributed by atoms with Crippen LogP contribution in [0, 0.1) is 10.1 Å². The third-order valence-corrected chi connectivity index (χ3v) is 5.60. The Hall–Kier alpha value is -1.55. The first-order chi connectivity index (χ1) is 10.5. The van der Waals surface area contributed by atoms with E-state index in [1.165, 1.54) is 28.6 Å². The third-order valence-electron chi connectivity index (χ3n) is 3.60. The Morgan fingerprint density at radius 1 is 1.45 bits per heavy atom. The first-order valence-corrected chi connectivity index (χ1v) is 8.37. The smallest absolute Gasteiger partial charge is 0.289 e. The number of hydrogen-bond acceptors (Lipinski definition) is 6. The molecule has 9 heteroatoms. The largest absolute Gasteiger partial charge is 0.385 e. The van der Waals surface area contributed by atoms with Gasteiger partial charge < -0.3 is 10.1 Å². The van der Waals surface area contributed by atoms with Gasteiger partial charge in [-0.3, -0.25) is 10.1 Å². The van der Waals surface area contributed by atoms with Gasteiger partial charge in [0.05, 0.1) is 4.92 Å². The maximum atomic E-state index is 12.8. The second kappa shape index (κ2) is 7.14. The van der Waals surface area contributed by atoms with Crippen molar-refractivity contribution >= 4 is 15.7 Å². The zero-order chi connectivity index (χ0) is 16.2. The summed E-state index contributed by atoms with van der Waals surface area (Å²) in [5, 5.41) is 14.2. The fourth-order valence-corrected chi connectivity index (χ4v) is 4.33. The first kappa shape index (κ1) is 16.8. The van der Waals surface area contributed by atoms with E-state index < -0.39 is 20.6 Å². The van der Waals surface area contributed by atoms with Crippen LogP contribution in [0.25, 0.3) is 0 Å². The van der Waals surface area contributed by atoms with Crippen LogP contribution in [0.5, 0.6) is 0 Å². The number of benzene rings is 1. The van der Waals surface area contributed by atoms with Crippen molar-refractivity contribution in [2.75, 3.05) is 33.4 Å². The van der Waals surface area contributed by atoms with Gasteiger partial charge in [-0.15, -0.1) is 0 Å². The van der Waals surface area contributed by atoms with Crippen LogP contribution in [0.15, 0.2) is 29.2 Å². The summed E-state index contributed by atoms with van der Waals surface area (Å²) in [6.07, 6.45) is 0.531. The highest BCUT2D eigenvalue weighted by molar-refractivity contribution is 7.89. The number of piperazine rings is 1. The van der Waals surface area contributed by atoms with Crippen molar-refractivity contribution < 1.29 is 18.1 Å². The molecule has 0 aromatic heterocycles. The van der Waals surface area contributed by atoms with Crippen LogP contribution in [0.2, 0.25) is 0 Å². The summed E-state index contributed by atoms with van der Waals surface area (Å²) < 4.78 is 32.0. The number of nitro groups is 1. The second-order valence-corrected chi connectivity index (χ2v) is 6.84. The van der Waals surface area contributed by atoms with Crippen LogP contribution in [-0.4, -0.2) is 57.0 Å². The predicted octanol–water partition coefficient (Wildman–Crippen LogP) is 0.594. The Balaban J connectivity index is 2.37. The normalized spacial score (nSPS) is 20.0. The maximum absolute atomic E-state index is 12.8. The summed E-state index contributed by atoms with van der Waals surface area (Å²) in [5.74, 6) is 0. The van der Waals surface area contributed by atoms with Gasteiger partial charge in [0, 0.05) is 45.5 Å². The summed E-state index contributed by atoms with van der Waals surface area (Å²) in [4.78, 5) is 10.2. The number of nitrogens with zero attached hydrogens (tertiary/aromatic N) is 2. The van der Waals surface area contributed by atoms with E-state index in [-0.39, 0.29) is 17.5 Å². The molecule has 1 N–H and O–H groups in total. The number of para-hydroxylation sites is 1. The van der Waals surface area contributed by atoms with E-state index >= 15 is 0 Å². The third kappa shape index (κ3) is 3.43. The number of hydrogen-bond donors (Lipinski definition) is 1. The molecule has 1 aromatic carbocycles. The van der Waals surface area contributed by atoms with Crippen molar-refractivity contribution in [2.45, 2.75) is 17.4 Å². The van der Waals surface area contributed by atoms with Gasteiger partial charge >= 0.3 is 0 Å². The van der Waals surface area contributed by atoms with Gasteiger partial charge in [0.2, 0.25) is 10.0 Å². The summed E-state index contributed by atoms with van der Waals surface area (Å²) in [6.45, 7) is 1.73. The van der Waals surface area contributed by atoms with Crippen LogP contribution in [0.1, 0.15) is 6.42 Å². The average molecular weight is 329 g/mol. The number of nitrogens with one attached hydrogen (secondary N) is 1. The fraction of sp³-hybridized carbons (Fsp3) is 0.538. The molecule has 122 valence electrons. The number of ether oxygens (including phenoxy) is 1. The molecule has 8 nitrogen and oxygen atoms in total. The zero-order valence-corrected chi connectivity index (χ0v) is 13.1. The summed E-state index contributed by atoms with van der Waals surface area (Å²) in [5.41, 5.74) is -0.397. The van der Waals surface area contributed by atoms with Gasteiger partial charge in [-0.05, 0) is 12.5 Å². The van der Waals surface area contributed by atoms with Crippen molar-refractivity contribution in [1.29, 1.82) is 0 Å². The molecule has 0 bridgehead atoms. The lowest BCUT2D eigenvalue weighted by Crippen LogP contribution is -2.53. The lowest BCUT2D eigenvalue weighted by atomic mass is 10.2. The molecule has 1 aliphatic rings. The van der Waals surface area contributed by atoms with Gasteiger partial charge in [0.25, 0.3) is 5.69 Å². The van der Waals surface area contributed by atoms with Crippen LogP contribution < -0.4 is 5.32 Å². The lowest BCUT2D eigenvalue weighted by Gasteiger charge is -2.34. The molecule has 22 heavy (non-hydrogen) atoms. The molecule has 1 unspecified atom stereocenters. The van der Waals surface area contributed by atoms with Gasteiger partial charge in [-0.25, -0.2) is 8.42 Å². The van der Waals surface area contributed by atoms with Crippen LogP contribution >= 0.6 is 0 Å². The number of rotatable bonds is 6. The van der Waals surface area contributed by atoms with Gasteiger partial charge in [0.15, 0.2) is 4.90 Å². The molecule has 1 saturated heterocycles. The molecule has 1 aliphatic heterocycles. The fourth-order valence-electron chi connectivity index (χ4n) is 2.51. The summed E-state index contributed by atoms with van der Waals surface area (Å²) >= 11 is 0. The topological polar surface area (TPSA) is 102 Å². The SMILES string of the molecule is COCCC1CNCCN1S(=O)(=O)c1ccccc1[N+](=O)[O-]. The van der Waals surface area contributed by atoms with E-state index in [1.54, 1.807) is 7.11 Å². The van der Waals surface area contributed by atoms with Crippen molar-refractivity contribution in [1.82, 2.24) is 9.62 Å². The van der Waals surface area contributed by atoms with Crippen molar-refractivity contribution in [3.05, 3.63) is 34.4 Å². The van der Waals surface area contributed by atoms with Crippen molar-refractivity contribution in [2.24, 2.45) is 0 Å². The van der Waals surface area contributed by atoms with Crippen molar-refractivity contribution in [3.8, 4) is 0 Å². The number of methoxy groups -OCH3 is 1. The molecule has 0 spiro atoms. The minimum absolute atomic E-state index is 0.260. The molecule has 0 saturated carbocycles. The first-order valence-electron chi connectivity index (χ1n) is 6.93. The standard InChI is InChI=1S/C13H19N3O5S/c1-21-9-6-11-10-14-7-8-15(11)22(19,20)13-5-3-2-4-12(13)16(17)18/h2-5,11,14H,6-10H2,1H3. The van der Waals surface area contributed by atoms with Gasteiger partial charge in [-0.1, -0.05) is 12.1 Å². The lowest BCUT2D eigenvalue weighted by molar-refractivity contribution is -0.387. The Morgan fingerprint density at radius 2 is 2.18 bits per heavy atom. The van der Waals surface area contributed by atoms with Crippen molar-refractivity contribution in [3.63, 3.8) is 0 Å². The molecule has 1 aromatic rings. The minimum atomic E-state index is -3.92. The van der Waals surface area contributed by atoms with Gasteiger partial charge in [-0.2, -0.15) is 4.31 Å². The molecular formula is C13H19N3O5S. The van der Waals surface area contributed by atoms with E-state index in [2.05, 4.69) is 5.32 Å². The highest BCUT2D eigenvalue weighted by Gasteiger charge is 2.36. The zero-order valence-electron chi connectivity index (χ0n) is 12.3. The summed E-state index contributed by atoms with van der Waals surface area (Å²) in [6, 6.07) is 5.16. The molecule has 1 atom stereocenters. The van der Waals surface area contributed by atoms with E-state index in [1.807, 2.05) is 0 Å². The number of sulfonamides is 1. The molecular weight excluding hydrogens is 310 g/mol. The van der Waals surface area contributed by atoms with Crippen LogP contribution in [0.4, 0.5) is 5.69 Å². The highest BCUT2D eigenvalue weighted by atomic mass is 32.2. The molecule has 1 heterocycles. The minimum Gasteiger partial charge on any atom is -0.385 e.